The van der Waals surface area contributed by atoms with E-state index in [1.54, 1.807) is 25.3 Å². The Morgan fingerprint density at radius 3 is 2.78 bits per heavy atom. The lowest BCUT2D eigenvalue weighted by Crippen LogP contribution is -2.20. The predicted molar refractivity (Wildman–Crippen MR) is 63.6 cm³/mol. The van der Waals surface area contributed by atoms with Crippen molar-refractivity contribution in [2.45, 2.75) is 19.5 Å². The highest BCUT2D eigenvalue weighted by Gasteiger charge is 2.13. The number of hydrogen-bond donors (Lipinski definition) is 1. The maximum atomic E-state index is 13.5. The van der Waals surface area contributed by atoms with Gasteiger partial charge in [-0.25, -0.2) is 8.78 Å². The first-order valence-corrected chi connectivity index (χ1v) is 5.62. The molecule has 0 amide bonds. The van der Waals surface area contributed by atoms with Gasteiger partial charge in [0.25, 0.3) is 0 Å². The van der Waals surface area contributed by atoms with E-state index < -0.39 is 11.6 Å². The lowest BCUT2D eigenvalue weighted by Gasteiger charge is -2.14. The molecule has 0 spiro atoms. The highest BCUT2D eigenvalue weighted by atomic mass is 19.2. The fraction of sp³-hybridized carbons (Fsp3) is 0.231. The van der Waals surface area contributed by atoms with Gasteiger partial charge in [-0.1, -0.05) is 12.1 Å². The third-order valence-corrected chi connectivity index (χ3v) is 2.66. The van der Waals surface area contributed by atoms with Crippen LogP contribution in [-0.4, -0.2) is 10.2 Å². The summed E-state index contributed by atoms with van der Waals surface area (Å²) in [5, 5.41) is 10.7. The van der Waals surface area contributed by atoms with Gasteiger partial charge in [0.05, 0.1) is 5.69 Å². The topological polar surface area (TPSA) is 37.8 Å². The molecule has 0 radical (unpaired) electrons. The zero-order chi connectivity index (χ0) is 13.0. The highest BCUT2D eigenvalue weighted by Crippen LogP contribution is 2.19. The number of nitrogens with one attached hydrogen (secondary N) is 1. The van der Waals surface area contributed by atoms with E-state index >= 15 is 0 Å². The number of benzene rings is 1. The smallest absolute Gasteiger partial charge is 0.163 e. The van der Waals surface area contributed by atoms with Crippen LogP contribution in [0.1, 0.15) is 24.2 Å². The second-order valence-electron chi connectivity index (χ2n) is 3.96. The Balaban J connectivity index is 2.04. The Labute approximate surface area is 104 Å². The first-order valence-electron chi connectivity index (χ1n) is 5.62. The minimum Gasteiger partial charge on any atom is -0.304 e. The Morgan fingerprint density at radius 1 is 1.22 bits per heavy atom. The summed E-state index contributed by atoms with van der Waals surface area (Å²) >= 11 is 0. The van der Waals surface area contributed by atoms with Crippen molar-refractivity contribution in [3.05, 3.63) is 59.4 Å². The molecule has 0 aliphatic rings. The van der Waals surface area contributed by atoms with Crippen molar-refractivity contribution in [3.63, 3.8) is 0 Å². The minimum atomic E-state index is -0.833. The van der Waals surface area contributed by atoms with E-state index in [4.69, 9.17) is 0 Å². The van der Waals surface area contributed by atoms with Gasteiger partial charge in [-0.2, -0.15) is 10.2 Å². The molecule has 0 bridgehead atoms. The van der Waals surface area contributed by atoms with Crippen LogP contribution in [0.25, 0.3) is 0 Å². The molecule has 0 saturated heterocycles. The zero-order valence-corrected chi connectivity index (χ0v) is 9.90. The van der Waals surface area contributed by atoms with Crippen LogP contribution in [0.15, 0.2) is 36.5 Å². The summed E-state index contributed by atoms with van der Waals surface area (Å²) in [6, 6.07) is 7.45. The van der Waals surface area contributed by atoms with Crippen molar-refractivity contribution in [1.29, 1.82) is 0 Å². The van der Waals surface area contributed by atoms with Crippen molar-refractivity contribution < 1.29 is 8.78 Å². The van der Waals surface area contributed by atoms with Gasteiger partial charge in [-0.3, -0.25) is 0 Å². The predicted octanol–water partition coefficient (Wildman–Crippen LogP) is 2.61. The Kier molecular flexibility index (Phi) is 3.94. The number of halogens is 2. The molecule has 2 aromatic rings. The molecular formula is C13H13F2N3. The Hall–Kier alpha value is -1.88. The number of nitrogens with zero attached hydrogens (tertiary/aromatic N) is 2. The van der Waals surface area contributed by atoms with E-state index in [-0.39, 0.29) is 6.04 Å². The molecule has 5 heteroatoms. The fourth-order valence-electron chi connectivity index (χ4n) is 1.65. The molecule has 1 aromatic carbocycles. The van der Waals surface area contributed by atoms with E-state index in [1.165, 1.54) is 6.07 Å². The molecule has 1 atom stereocenters. The van der Waals surface area contributed by atoms with E-state index in [9.17, 15) is 8.78 Å². The minimum absolute atomic E-state index is 0.303. The molecule has 0 fully saturated rings. The summed E-state index contributed by atoms with van der Waals surface area (Å²) in [6.45, 7) is 2.22. The largest absolute Gasteiger partial charge is 0.304 e. The van der Waals surface area contributed by atoms with Gasteiger partial charge < -0.3 is 5.32 Å². The van der Waals surface area contributed by atoms with Gasteiger partial charge in [0.1, 0.15) is 0 Å². The van der Waals surface area contributed by atoms with Crippen molar-refractivity contribution in [2.24, 2.45) is 0 Å². The standard InChI is InChI=1S/C13H13F2N3/c1-9(11-5-2-6-12(14)13(11)15)16-8-10-4-3-7-17-18-10/h2-7,9,16H,8H2,1H3. The normalized spacial score (nSPS) is 12.4. The molecule has 1 unspecified atom stereocenters. The average Bonchev–Trinajstić information content (AvgIpc) is 2.40. The molecule has 2 rings (SSSR count). The van der Waals surface area contributed by atoms with Gasteiger partial charge in [0.15, 0.2) is 11.6 Å². The summed E-state index contributed by atoms with van der Waals surface area (Å²) in [6.07, 6.45) is 1.58. The first-order chi connectivity index (χ1) is 8.68. The van der Waals surface area contributed by atoms with Gasteiger partial charge in [-0.05, 0) is 25.1 Å². The van der Waals surface area contributed by atoms with Crippen molar-refractivity contribution in [2.75, 3.05) is 0 Å². The average molecular weight is 249 g/mol. The third kappa shape index (κ3) is 2.87. The number of hydrogen-bond acceptors (Lipinski definition) is 3. The molecule has 1 N–H and O–H groups in total. The molecular weight excluding hydrogens is 236 g/mol. The van der Waals surface area contributed by atoms with Crippen LogP contribution in [-0.2, 0) is 6.54 Å². The SMILES string of the molecule is CC(NCc1cccnn1)c1cccc(F)c1F. The van der Waals surface area contributed by atoms with Crippen LogP contribution in [0.5, 0.6) is 0 Å². The van der Waals surface area contributed by atoms with Crippen LogP contribution in [0.2, 0.25) is 0 Å². The maximum absolute atomic E-state index is 13.5. The van der Waals surface area contributed by atoms with Gasteiger partial charge in [0, 0.05) is 24.3 Å². The zero-order valence-electron chi connectivity index (χ0n) is 9.90. The van der Waals surface area contributed by atoms with E-state index in [2.05, 4.69) is 15.5 Å². The summed E-state index contributed by atoms with van der Waals surface area (Å²) < 4.78 is 26.6. The first kappa shape index (κ1) is 12.6. The second-order valence-corrected chi connectivity index (χ2v) is 3.96. The third-order valence-electron chi connectivity index (χ3n) is 2.66. The fourth-order valence-corrected chi connectivity index (χ4v) is 1.65. The van der Waals surface area contributed by atoms with Gasteiger partial charge in [-0.15, -0.1) is 0 Å². The number of rotatable bonds is 4. The highest BCUT2D eigenvalue weighted by molar-refractivity contribution is 5.22. The monoisotopic (exact) mass is 249 g/mol. The van der Waals surface area contributed by atoms with E-state index in [0.29, 0.717) is 12.1 Å². The molecule has 0 aliphatic carbocycles. The summed E-state index contributed by atoms with van der Waals surface area (Å²) in [7, 11) is 0. The maximum Gasteiger partial charge on any atom is 0.163 e. The lowest BCUT2D eigenvalue weighted by atomic mass is 10.1. The Morgan fingerprint density at radius 2 is 2.06 bits per heavy atom. The molecule has 0 saturated carbocycles. The molecule has 0 aliphatic heterocycles. The molecule has 3 nitrogen and oxygen atoms in total. The summed E-state index contributed by atoms with van der Waals surface area (Å²) in [4.78, 5) is 0. The van der Waals surface area contributed by atoms with Crippen LogP contribution < -0.4 is 5.32 Å². The molecule has 94 valence electrons. The van der Waals surface area contributed by atoms with E-state index in [0.717, 1.165) is 11.8 Å². The molecule has 1 aromatic heterocycles. The van der Waals surface area contributed by atoms with Gasteiger partial charge in [0.2, 0.25) is 0 Å². The lowest BCUT2D eigenvalue weighted by molar-refractivity contribution is 0.471. The van der Waals surface area contributed by atoms with Crippen LogP contribution in [0, 0.1) is 11.6 Å². The van der Waals surface area contributed by atoms with Crippen LogP contribution in [0.3, 0.4) is 0 Å². The summed E-state index contributed by atoms with van der Waals surface area (Å²) in [5.74, 6) is -1.64. The van der Waals surface area contributed by atoms with Crippen molar-refractivity contribution >= 4 is 0 Å². The second kappa shape index (κ2) is 5.64. The summed E-state index contributed by atoms with van der Waals surface area (Å²) in [5.41, 5.74) is 1.06. The molecule has 1 heterocycles. The van der Waals surface area contributed by atoms with Crippen LogP contribution in [0.4, 0.5) is 8.78 Å². The van der Waals surface area contributed by atoms with Crippen molar-refractivity contribution in [3.8, 4) is 0 Å². The van der Waals surface area contributed by atoms with E-state index in [1.807, 2.05) is 6.07 Å². The molecule has 18 heavy (non-hydrogen) atoms. The van der Waals surface area contributed by atoms with Crippen LogP contribution >= 0.6 is 0 Å². The number of aromatic nitrogens is 2. The van der Waals surface area contributed by atoms with Gasteiger partial charge >= 0.3 is 0 Å². The Bertz CT molecular complexity index is 517. The quantitative estimate of drug-likeness (QED) is 0.905. The van der Waals surface area contributed by atoms with Crippen molar-refractivity contribution in [1.82, 2.24) is 15.5 Å².